The number of hydrogen-bond donors (Lipinski definition) is 3. The van der Waals surface area contributed by atoms with Gasteiger partial charge < -0.3 is 10.8 Å². The first-order valence-electron chi connectivity index (χ1n) is 5.47. The second-order valence-corrected chi connectivity index (χ2v) is 5.71. The molecule has 1 aromatic heterocycles. The highest BCUT2D eigenvalue weighted by Gasteiger charge is 2.12. The van der Waals surface area contributed by atoms with Crippen LogP contribution in [0.25, 0.3) is 0 Å². The van der Waals surface area contributed by atoms with Gasteiger partial charge in [0.1, 0.15) is 0 Å². The zero-order valence-electron chi connectivity index (χ0n) is 11.2. The highest BCUT2D eigenvalue weighted by molar-refractivity contribution is 7.88. The fourth-order valence-corrected chi connectivity index (χ4v) is 2.06. The Bertz CT molecular complexity index is 525. The van der Waals surface area contributed by atoms with Gasteiger partial charge in [-0.25, -0.2) is 13.1 Å². The summed E-state index contributed by atoms with van der Waals surface area (Å²) in [5.74, 6) is -0.889. The molecule has 0 radical (unpaired) electrons. The third-order valence-corrected chi connectivity index (χ3v) is 3.41. The number of carboxylic acid groups (broad SMARTS) is 1. The number of aliphatic carboxylic acids is 1. The molecule has 19 heavy (non-hydrogen) atoms. The van der Waals surface area contributed by atoms with Crippen LogP contribution in [0.15, 0.2) is 12.3 Å². The Balaban J connectivity index is 0.000000711. The maximum absolute atomic E-state index is 11.4. The topological polar surface area (TPSA) is 122 Å². The van der Waals surface area contributed by atoms with Gasteiger partial charge >= 0.3 is 0 Å². The van der Waals surface area contributed by atoms with Crippen LogP contribution in [-0.4, -0.2) is 31.5 Å². The third-order valence-electron chi connectivity index (χ3n) is 2.10. The van der Waals surface area contributed by atoms with Gasteiger partial charge in [-0.05, 0) is 31.2 Å². The van der Waals surface area contributed by atoms with Crippen LogP contribution in [0.5, 0.6) is 0 Å². The van der Waals surface area contributed by atoms with Crippen LogP contribution in [0, 0.1) is 6.92 Å². The lowest BCUT2D eigenvalue weighted by molar-refractivity contribution is -0.134. The molecule has 0 aliphatic carbocycles. The van der Waals surface area contributed by atoms with E-state index in [4.69, 9.17) is 15.6 Å². The summed E-state index contributed by atoms with van der Waals surface area (Å²) in [5.41, 5.74) is 7.76. The summed E-state index contributed by atoms with van der Waals surface area (Å²) in [6, 6.07) is 1.75. The predicted octanol–water partition coefficient (Wildman–Crippen LogP) is -0.0112. The molecule has 0 saturated carbocycles. The number of hydrogen-bond acceptors (Lipinski definition) is 5. The highest BCUT2D eigenvalue weighted by Crippen LogP contribution is 2.11. The van der Waals surface area contributed by atoms with Gasteiger partial charge in [0.2, 0.25) is 10.0 Å². The number of aryl methyl sites for hydroxylation is 1. The van der Waals surface area contributed by atoms with Crippen molar-refractivity contribution in [3.05, 3.63) is 29.1 Å². The van der Waals surface area contributed by atoms with Crippen molar-refractivity contribution in [3.8, 4) is 0 Å². The summed E-state index contributed by atoms with van der Waals surface area (Å²) in [6.45, 7) is 3.19. The molecule has 0 bridgehead atoms. The lowest BCUT2D eigenvalue weighted by Crippen LogP contribution is -2.21. The van der Waals surface area contributed by atoms with Crippen molar-refractivity contribution in [2.24, 2.45) is 5.73 Å². The van der Waals surface area contributed by atoms with Crippen LogP contribution >= 0.6 is 0 Å². The van der Waals surface area contributed by atoms with E-state index in [1.807, 2.05) is 6.92 Å². The molecule has 1 aromatic rings. The minimum atomic E-state index is -3.26. The minimum Gasteiger partial charge on any atom is -0.481 e. The van der Waals surface area contributed by atoms with E-state index in [9.17, 15) is 8.42 Å². The van der Waals surface area contributed by atoms with Crippen LogP contribution in [-0.2, 0) is 27.1 Å². The standard InChI is InChI=1S/C9H15N3O2S.C2H4O2/c1-7-3-8(6-15(13,14)11-2)9(4-10)5-12-7;1-2(3)4/h3,5,11H,4,6,10H2,1-2H3;1H3,(H,3,4). The predicted molar refractivity (Wildman–Crippen MR) is 71.9 cm³/mol. The first-order valence-corrected chi connectivity index (χ1v) is 7.12. The second-order valence-electron chi connectivity index (χ2n) is 3.78. The number of nitrogens with zero attached hydrogens (tertiary/aromatic N) is 1. The lowest BCUT2D eigenvalue weighted by Gasteiger charge is -2.08. The third kappa shape index (κ3) is 7.50. The van der Waals surface area contributed by atoms with Gasteiger partial charge in [0, 0.05) is 25.4 Å². The van der Waals surface area contributed by atoms with Gasteiger partial charge in [-0.2, -0.15) is 0 Å². The highest BCUT2D eigenvalue weighted by atomic mass is 32.2. The van der Waals surface area contributed by atoms with E-state index in [1.165, 1.54) is 7.05 Å². The normalized spacial score (nSPS) is 10.5. The summed E-state index contributed by atoms with van der Waals surface area (Å²) >= 11 is 0. The molecule has 0 spiro atoms. The monoisotopic (exact) mass is 289 g/mol. The summed E-state index contributed by atoms with van der Waals surface area (Å²) in [5, 5.41) is 7.42. The maximum atomic E-state index is 11.4. The fourth-order valence-electron chi connectivity index (χ4n) is 1.24. The van der Waals surface area contributed by atoms with Crippen LogP contribution in [0.4, 0.5) is 0 Å². The first kappa shape index (κ1) is 17.5. The molecule has 0 aliphatic heterocycles. The summed E-state index contributed by atoms with van der Waals surface area (Å²) in [4.78, 5) is 13.1. The number of nitrogens with one attached hydrogen (secondary N) is 1. The number of rotatable bonds is 4. The first-order chi connectivity index (χ1) is 8.71. The Morgan fingerprint density at radius 2 is 2.00 bits per heavy atom. The molecular weight excluding hydrogens is 270 g/mol. The van der Waals surface area contributed by atoms with Gasteiger partial charge in [0.15, 0.2) is 0 Å². The Kier molecular flexibility index (Phi) is 7.20. The molecule has 4 N–H and O–H groups in total. The molecule has 0 aromatic carbocycles. The quantitative estimate of drug-likeness (QED) is 0.716. The molecule has 0 fully saturated rings. The minimum absolute atomic E-state index is 0.0562. The summed E-state index contributed by atoms with van der Waals surface area (Å²) < 4.78 is 25.0. The molecule has 7 nitrogen and oxygen atoms in total. The average molecular weight is 289 g/mol. The van der Waals surface area contributed by atoms with Crippen molar-refractivity contribution in [2.45, 2.75) is 26.1 Å². The number of aromatic nitrogens is 1. The van der Waals surface area contributed by atoms with E-state index in [1.54, 1.807) is 12.3 Å². The number of carboxylic acids is 1. The van der Waals surface area contributed by atoms with E-state index >= 15 is 0 Å². The van der Waals surface area contributed by atoms with Gasteiger partial charge in [-0.3, -0.25) is 9.78 Å². The number of pyridine rings is 1. The van der Waals surface area contributed by atoms with Crippen molar-refractivity contribution >= 4 is 16.0 Å². The molecule has 0 unspecified atom stereocenters. The SMILES string of the molecule is CC(=O)O.CNS(=O)(=O)Cc1cc(C)ncc1CN. The molecule has 1 rings (SSSR count). The number of nitrogens with two attached hydrogens (primary N) is 1. The van der Waals surface area contributed by atoms with E-state index < -0.39 is 16.0 Å². The zero-order valence-corrected chi connectivity index (χ0v) is 12.0. The molecule has 0 atom stereocenters. The van der Waals surface area contributed by atoms with Gasteiger partial charge in [-0.15, -0.1) is 0 Å². The summed E-state index contributed by atoms with van der Waals surface area (Å²) in [7, 11) is -1.86. The molecular formula is C11H19N3O4S. The van der Waals surface area contributed by atoms with E-state index in [-0.39, 0.29) is 5.75 Å². The van der Waals surface area contributed by atoms with Gasteiger partial charge in [0.05, 0.1) is 5.75 Å². The van der Waals surface area contributed by atoms with Crippen LogP contribution in [0.2, 0.25) is 0 Å². The van der Waals surface area contributed by atoms with Crippen LogP contribution < -0.4 is 10.5 Å². The van der Waals surface area contributed by atoms with E-state index in [0.717, 1.165) is 18.2 Å². The van der Waals surface area contributed by atoms with Crippen LogP contribution in [0.1, 0.15) is 23.7 Å². The van der Waals surface area contributed by atoms with Crippen molar-refractivity contribution < 1.29 is 18.3 Å². The molecule has 0 saturated heterocycles. The smallest absolute Gasteiger partial charge is 0.300 e. The van der Waals surface area contributed by atoms with Gasteiger partial charge in [-0.1, -0.05) is 0 Å². The van der Waals surface area contributed by atoms with Crippen LogP contribution in [0.3, 0.4) is 0 Å². The van der Waals surface area contributed by atoms with Crippen molar-refractivity contribution in [1.29, 1.82) is 0 Å². The molecule has 8 heteroatoms. The maximum Gasteiger partial charge on any atom is 0.300 e. The average Bonchev–Trinajstić information content (AvgIpc) is 2.28. The molecule has 0 amide bonds. The molecule has 108 valence electrons. The second kappa shape index (κ2) is 7.82. The zero-order chi connectivity index (χ0) is 15.1. The van der Waals surface area contributed by atoms with Crippen molar-refractivity contribution in [3.63, 3.8) is 0 Å². The van der Waals surface area contributed by atoms with E-state index in [0.29, 0.717) is 12.1 Å². The Labute approximate surface area is 112 Å². The fraction of sp³-hybridized carbons (Fsp3) is 0.455. The van der Waals surface area contributed by atoms with Crippen molar-refractivity contribution in [1.82, 2.24) is 9.71 Å². The summed E-state index contributed by atoms with van der Waals surface area (Å²) in [6.07, 6.45) is 1.62. The molecule has 1 heterocycles. The largest absolute Gasteiger partial charge is 0.481 e. The Morgan fingerprint density at radius 1 is 1.47 bits per heavy atom. The number of carbonyl (C=O) groups is 1. The number of sulfonamides is 1. The van der Waals surface area contributed by atoms with Gasteiger partial charge in [0.25, 0.3) is 5.97 Å². The molecule has 0 aliphatic rings. The van der Waals surface area contributed by atoms with E-state index in [2.05, 4.69) is 9.71 Å². The Hall–Kier alpha value is -1.51. The lowest BCUT2D eigenvalue weighted by atomic mass is 10.1. The Morgan fingerprint density at radius 3 is 2.42 bits per heavy atom. The van der Waals surface area contributed by atoms with Crippen molar-refractivity contribution in [2.75, 3.05) is 7.05 Å².